The topological polar surface area (TPSA) is 35.0 Å². The molecule has 0 aliphatic carbocycles. The van der Waals surface area contributed by atoms with E-state index in [1.807, 2.05) is 12.1 Å². The molecule has 3 aromatic rings. The third-order valence-electron chi connectivity index (χ3n) is 3.98. The number of benzene rings is 2. The first-order valence-electron chi connectivity index (χ1n) is 8.36. The highest BCUT2D eigenvalue weighted by Crippen LogP contribution is 2.29. The van der Waals surface area contributed by atoms with Gasteiger partial charge in [0, 0.05) is 5.02 Å². The second kappa shape index (κ2) is 8.56. The van der Waals surface area contributed by atoms with Crippen LogP contribution >= 0.6 is 11.6 Å². The van der Waals surface area contributed by atoms with Gasteiger partial charge >= 0.3 is 12.2 Å². The van der Waals surface area contributed by atoms with E-state index in [0.717, 1.165) is 23.9 Å². The summed E-state index contributed by atoms with van der Waals surface area (Å²) in [5.74, 6) is -0.569. The number of hydrogen-bond donors (Lipinski definition) is 0. The fourth-order valence-electron chi connectivity index (χ4n) is 2.53. The summed E-state index contributed by atoms with van der Waals surface area (Å²) < 4.78 is 57.6. The highest BCUT2D eigenvalue weighted by molar-refractivity contribution is 6.30. The van der Waals surface area contributed by atoms with Crippen molar-refractivity contribution in [3.05, 3.63) is 88.0 Å². The van der Waals surface area contributed by atoms with Gasteiger partial charge in [-0.2, -0.15) is 18.2 Å². The predicted octanol–water partition coefficient (Wildman–Crippen LogP) is 5.65. The Kier molecular flexibility index (Phi) is 6.14. The van der Waals surface area contributed by atoms with Gasteiger partial charge in [-0.3, -0.25) is 0 Å². The fraction of sp³-hybridized carbons (Fsp3) is 0.200. The third kappa shape index (κ3) is 5.42. The number of nitrogens with zero attached hydrogens (tertiary/aromatic N) is 2. The molecule has 0 atom stereocenters. The van der Waals surface area contributed by atoms with Gasteiger partial charge in [-0.25, -0.2) is 9.37 Å². The van der Waals surface area contributed by atoms with Gasteiger partial charge in [-0.1, -0.05) is 35.9 Å². The molecule has 0 radical (unpaired) electrons. The predicted molar refractivity (Wildman–Crippen MR) is 96.6 cm³/mol. The maximum absolute atomic E-state index is 14.0. The number of aromatic nitrogens is 2. The van der Waals surface area contributed by atoms with Crippen molar-refractivity contribution in [2.45, 2.75) is 25.6 Å². The van der Waals surface area contributed by atoms with Crippen LogP contribution < -0.4 is 4.74 Å². The molecule has 8 heteroatoms. The van der Waals surface area contributed by atoms with Gasteiger partial charge in [0.05, 0.1) is 17.5 Å². The van der Waals surface area contributed by atoms with Crippen LogP contribution in [0.4, 0.5) is 17.6 Å². The van der Waals surface area contributed by atoms with E-state index in [9.17, 15) is 17.6 Å². The molecule has 0 fully saturated rings. The summed E-state index contributed by atoms with van der Waals surface area (Å²) in [4.78, 5) is 7.78. The van der Waals surface area contributed by atoms with Crippen LogP contribution in [0.15, 0.2) is 54.7 Å². The maximum atomic E-state index is 14.0. The average molecular weight is 411 g/mol. The lowest BCUT2D eigenvalue weighted by atomic mass is 10.1. The molecule has 0 aliphatic rings. The monoisotopic (exact) mass is 410 g/mol. The van der Waals surface area contributed by atoms with Crippen LogP contribution in [-0.2, 0) is 25.6 Å². The van der Waals surface area contributed by atoms with Crippen molar-refractivity contribution < 1.29 is 22.3 Å². The Labute approximate surface area is 164 Å². The molecule has 0 N–H and O–H groups in total. The molecule has 0 aliphatic heterocycles. The summed E-state index contributed by atoms with van der Waals surface area (Å²) >= 11 is 5.84. The Hall–Kier alpha value is -2.67. The lowest BCUT2D eigenvalue weighted by Gasteiger charge is -2.10. The van der Waals surface area contributed by atoms with Gasteiger partial charge in [-0.15, -0.1) is 0 Å². The largest absolute Gasteiger partial charge is 0.459 e. The molecular weight excluding hydrogens is 396 g/mol. The van der Waals surface area contributed by atoms with Gasteiger partial charge in [0.15, 0.2) is 5.82 Å². The Balaban J connectivity index is 1.65. The van der Waals surface area contributed by atoms with Crippen LogP contribution in [0, 0.1) is 5.82 Å². The number of halogens is 5. The van der Waals surface area contributed by atoms with Crippen molar-refractivity contribution in [1.29, 1.82) is 0 Å². The van der Waals surface area contributed by atoms with Crippen molar-refractivity contribution in [3.8, 4) is 6.01 Å². The molecule has 3 rings (SSSR count). The molecule has 0 bridgehead atoms. The van der Waals surface area contributed by atoms with Crippen LogP contribution in [0.5, 0.6) is 6.01 Å². The fourth-order valence-corrected chi connectivity index (χ4v) is 2.65. The Morgan fingerprint density at radius 3 is 2.43 bits per heavy atom. The quantitative estimate of drug-likeness (QED) is 0.492. The van der Waals surface area contributed by atoms with E-state index < -0.39 is 17.6 Å². The Morgan fingerprint density at radius 2 is 1.71 bits per heavy atom. The highest BCUT2D eigenvalue weighted by Gasteiger charge is 2.30. The van der Waals surface area contributed by atoms with E-state index in [2.05, 4.69) is 9.97 Å². The zero-order valence-electron chi connectivity index (χ0n) is 14.5. The molecule has 146 valence electrons. The first kappa shape index (κ1) is 20.1. The lowest BCUT2D eigenvalue weighted by Crippen LogP contribution is -2.07. The van der Waals surface area contributed by atoms with Crippen molar-refractivity contribution in [3.63, 3.8) is 0 Å². The zero-order valence-corrected chi connectivity index (χ0v) is 15.3. The molecule has 0 amide bonds. The first-order valence-corrected chi connectivity index (χ1v) is 8.74. The molecule has 1 heterocycles. The molecule has 0 saturated carbocycles. The molecule has 3 nitrogen and oxygen atoms in total. The van der Waals surface area contributed by atoms with Crippen molar-refractivity contribution in [2.24, 2.45) is 0 Å². The van der Waals surface area contributed by atoms with Crippen molar-refractivity contribution in [1.82, 2.24) is 9.97 Å². The van der Waals surface area contributed by atoms with Gasteiger partial charge in [0.1, 0.15) is 6.61 Å². The summed E-state index contributed by atoms with van der Waals surface area (Å²) in [7, 11) is 0. The minimum atomic E-state index is -4.43. The van der Waals surface area contributed by atoms with Crippen LogP contribution in [0.2, 0.25) is 5.02 Å². The summed E-state index contributed by atoms with van der Waals surface area (Å²) in [6, 6.07) is 11.8. The van der Waals surface area contributed by atoms with Crippen LogP contribution in [-0.4, -0.2) is 9.97 Å². The SMILES string of the molecule is Fc1cnc(OCc2cccc(C(F)(F)F)c2)nc1CCc1ccc(Cl)cc1. The summed E-state index contributed by atoms with van der Waals surface area (Å²) in [6.45, 7) is -0.161. The van der Waals surface area contributed by atoms with Crippen LogP contribution in [0.25, 0.3) is 0 Å². The average Bonchev–Trinajstić information content (AvgIpc) is 2.67. The number of aryl methyl sites for hydroxylation is 2. The van der Waals surface area contributed by atoms with Crippen molar-refractivity contribution >= 4 is 11.6 Å². The van der Waals surface area contributed by atoms with E-state index in [1.54, 1.807) is 12.1 Å². The van der Waals surface area contributed by atoms with Gasteiger partial charge in [0.2, 0.25) is 0 Å². The third-order valence-corrected chi connectivity index (χ3v) is 4.23. The van der Waals surface area contributed by atoms with E-state index in [4.69, 9.17) is 16.3 Å². The Morgan fingerprint density at radius 1 is 0.964 bits per heavy atom. The second-order valence-electron chi connectivity index (χ2n) is 6.06. The van der Waals surface area contributed by atoms with Crippen LogP contribution in [0.1, 0.15) is 22.4 Å². The van der Waals surface area contributed by atoms with E-state index in [0.29, 0.717) is 23.4 Å². The normalized spacial score (nSPS) is 11.5. The van der Waals surface area contributed by atoms with Gasteiger partial charge in [-0.05, 0) is 48.2 Å². The molecule has 0 unspecified atom stereocenters. The number of alkyl halides is 3. The van der Waals surface area contributed by atoms with Crippen molar-refractivity contribution in [2.75, 3.05) is 0 Å². The van der Waals surface area contributed by atoms with E-state index in [1.165, 1.54) is 12.1 Å². The number of hydrogen-bond acceptors (Lipinski definition) is 3. The second-order valence-corrected chi connectivity index (χ2v) is 6.50. The van der Waals surface area contributed by atoms with Gasteiger partial charge in [0.25, 0.3) is 0 Å². The minimum absolute atomic E-state index is 0.0927. The van der Waals surface area contributed by atoms with E-state index >= 15 is 0 Å². The smallest absolute Gasteiger partial charge is 0.416 e. The highest BCUT2D eigenvalue weighted by atomic mass is 35.5. The summed E-state index contributed by atoms with van der Waals surface area (Å²) in [5, 5.41) is 0.613. The lowest BCUT2D eigenvalue weighted by molar-refractivity contribution is -0.137. The molecule has 2 aromatic carbocycles. The maximum Gasteiger partial charge on any atom is 0.416 e. The minimum Gasteiger partial charge on any atom is -0.459 e. The standard InChI is InChI=1S/C20H15ClF4N2O/c21-16-7-4-13(5-8-16)6-9-18-17(22)11-26-19(27-18)28-12-14-2-1-3-15(10-14)20(23,24)25/h1-5,7-8,10-11H,6,9,12H2. The molecule has 0 saturated heterocycles. The van der Waals surface area contributed by atoms with E-state index in [-0.39, 0.29) is 18.3 Å². The van der Waals surface area contributed by atoms with Crippen LogP contribution in [0.3, 0.4) is 0 Å². The molecule has 0 spiro atoms. The zero-order chi connectivity index (χ0) is 20.1. The first-order chi connectivity index (χ1) is 13.3. The molecular formula is C20H15ClF4N2O. The molecule has 28 heavy (non-hydrogen) atoms. The van der Waals surface area contributed by atoms with Gasteiger partial charge < -0.3 is 4.74 Å². The molecule has 1 aromatic heterocycles. The number of rotatable bonds is 6. The number of ether oxygens (including phenoxy) is 1. The summed E-state index contributed by atoms with van der Waals surface area (Å²) in [6.07, 6.45) is -2.59. The Bertz CT molecular complexity index is 946. The summed E-state index contributed by atoms with van der Waals surface area (Å²) in [5.41, 5.74) is 0.681.